The molecule has 0 bridgehead atoms. The Kier molecular flexibility index (Phi) is 6.37. The highest BCUT2D eigenvalue weighted by molar-refractivity contribution is 5.88. The van der Waals surface area contributed by atoms with E-state index in [1.807, 2.05) is 6.07 Å². The molecule has 0 aliphatic carbocycles. The minimum Gasteiger partial charge on any atom is -0.482 e. The van der Waals surface area contributed by atoms with Gasteiger partial charge < -0.3 is 13.9 Å². The van der Waals surface area contributed by atoms with Crippen LogP contribution in [0.4, 0.5) is 0 Å². The summed E-state index contributed by atoms with van der Waals surface area (Å²) in [5.41, 5.74) is 3.35. The number of para-hydroxylation sites is 1. The van der Waals surface area contributed by atoms with Gasteiger partial charge in [-0.25, -0.2) is 10.2 Å². The summed E-state index contributed by atoms with van der Waals surface area (Å²) in [7, 11) is 0. The van der Waals surface area contributed by atoms with Crippen molar-refractivity contribution in [3.8, 4) is 17.6 Å². The fourth-order valence-corrected chi connectivity index (χ4v) is 2.21. The van der Waals surface area contributed by atoms with Gasteiger partial charge in [0.1, 0.15) is 17.6 Å². The van der Waals surface area contributed by atoms with E-state index < -0.39 is 11.9 Å². The Bertz CT molecular complexity index is 1050. The van der Waals surface area contributed by atoms with Gasteiger partial charge in [-0.05, 0) is 54.1 Å². The number of carbonyl (C=O) groups is 2. The number of hydrogen-bond donors (Lipinski definition) is 1. The van der Waals surface area contributed by atoms with Gasteiger partial charge in [-0.2, -0.15) is 10.4 Å². The first-order chi connectivity index (χ1) is 14.2. The number of nitrogens with zero attached hydrogens (tertiary/aromatic N) is 2. The van der Waals surface area contributed by atoms with E-state index in [0.29, 0.717) is 22.6 Å². The van der Waals surface area contributed by atoms with Gasteiger partial charge in [-0.15, -0.1) is 0 Å². The van der Waals surface area contributed by atoms with Crippen LogP contribution in [0.5, 0.6) is 11.5 Å². The number of ether oxygens (including phenoxy) is 2. The van der Waals surface area contributed by atoms with Gasteiger partial charge in [0.25, 0.3) is 5.91 Å². The fraction of sp³-hybridized carbons (Fsp3) is 0.0476. The highest BCUT2D eigenvalue weighted by Crippen LogP contribution is 2.16. The van der Waals surface area contributed by atoms with Crippen LogP contribution in [0.15, 0.2) is 76.4 Å². The zero-order chi connectivity index (χ0) is 20.5. The first-order valence-corrected chi connectivity index (χ1v) is 8.45. The number of esters is 1. The smallest absolute Gasteiger partial charge is 0.379 e. The van der Waals surface area contributed by atoms with Crippen molar-refractivity contribution in [3.05, 3.63) is 83.8 Å². The van der Waals surface area contributed by atoms with E-state index in [1.165, 1.54) is 18.5 Å². The van der Waals surface area contributed by atoms with Crippen LogP contribution in [-0.2, 0) is 4.79 Å². The van der Waals surface area contributed by atoms with E-state index in [0.717, 1.165) is 0 Å². The minimum atomic E-state index is -0.596. The van der Waals surface area contributed by atoms with Crippen molar-refractivity contribution in [2.45, 2.75) is 0 Å². The molecule has 0 atom stereocenters. The molecule has 0 unspecified atom stereocenters. The minimum absolute atomic E-state index is 0.109. The number of hydrogen-bond acceptors (Lipinski definition) is 7. The van der Waals surface area contributed by atoms with Crippen molar-refractivity contribution in [3.63, 3.8) is 0 Å². The number of hydrazone groups is 1. The van der Waals surface area contributed by atoms with E-state index in [2.05, 4.69) is 10.5 Å². The van der Waals surface area contributed by atoms with E-state index >= 15 is 0 Å². The second-order valence-corrected chi connectivity index (χ2v) is 5.63. The predicted molar refractivity (Wildman–Crippen MR) is 102 cm³/mol. The van der Waals surface area contributed by atoms with Crippen molar-refractivity contribution >= 4 is 18.1 Å². The summed E-state index contributed by atoms with van der Waals surface area (Å²) in [5, 5.41) is 12.8. The number of amides is 1. The summed E-state index contributed by atoms with van der Waals surface area (Å²) < 4.78 is 15.4. The largest absolute Gasteiger partial charge is 0.482 e. The lowest BCUT2D eigenvalue weighted by Gasteiger charge is -2.06. The SMILES string of the molecule is N#Cc1ccccc1OCC(=O)N/N=C/c1ccc(OC(=O)c2ccco2)cc1. The molecule has 0 aliphatic heterocycles. The number of rotatable bonds is 7. The Balaban J connectivity index is 1.47. The molecular formula is C21H15N3O5. The van der Waals surface area contributed by atoms with E-state index in [-0.39, 0.29) is 12.4 Å². The molecule has 0 radical (unpaired) electrons. The molecule has 3 rings (SSSR count). The van der Waals surface area contributed by atoms with Crippen LogP contribution in [0.3, 0.4) is 0 Å². The van der Waals surface area contributed by atoms with Gasteiger partial charge in [0.05, 0.1) is 18.0 Å². The lowest BCUT2D eigenvalue weighted by atomic mass is 10.2. The van der Waals surface area contributed by atoms with Gasteiger partial charge >= 0.3 is 5.97 Å². The first kappa shape index (κ1) is 19.4. The number of benzene rings is 2. The zero-order valence-corrected chi connectivity index (χ0v) is 15.1. The van der Waals surface area contributed by atoms with Gasteiger partial charge in [-0.3, -0.25) is 4.79 Å². The highest BCUT2D eigenvalue weighted by Gasteiger charge is 2.11. The molecular weight excluding hydrogens is 374 g/mol. The van der Waals surface area contributed by atoms with Crippen LogP contribution in [0, 0.1) is 11.3 Å². The number of carbonyl (C=O) groups excluding carboxylic acids is 2. The Morgan fingerprint density at radius 1 is 1.10 bits per heavy atom. The van der Waals surface area contributed by atoms with Crippen LogP contribution in [0.25, 0.3) is 0 Å². The summed E-state index contributed by atoms with van der Waals surface area (Å²) in [6, 6.07) is 18.2. The van der Waals surface area contributed by atoms with Gasteiger partial charge in [0.2, 0.25) is 5.76 Å². The Morgan fingerprint density at radius 3 is 2.62 bits per heavy atom. The molecule has 0 saturated heterocycles. The third-order valence-electron chi connectivity index (χ3n) is 3.58. The zero-order valence-electron chi connectivity index (χ0n) is 15.1. The summed E-state index contributed by atoms with van der Waals surface area (Å²) >= 11 is 0. The molecule has 0 fully saturated rings. The number of nitrogens with one attached hydrogen (secondary N) is 1. The molecule has 8 nitrogen and oxygen atoms in total. The Morgan fingerprint density at radius 2 is 1.90 bits per heavy atom. The van der Waals surface area contributed by atoms with Crippen molar-refractivity contribution < 1.29 is 23.5 Å². The van der Waals surface area contributed by atoms with Gasteiger partial charge in [0.15, 0.2) is 6.61 Å². The summed E-state index contributed by atoms with van der Waals surface area (Å²) in [6.45, 7) is -0.280. The number of furan rings is 1. The fourth-order valence-electron chi connectivity index (χ4n) is 2.21. The molecule has 1 heterocycles. The van der Waals surface area contributed by atoms with Crippen molar-refractivity contribution in [2.24, 2.45) is 5.10 Å². The van der Waals surface area contributed by atoms with Crippen LogP contribution in [0.1, 0.15) is 21.7 Å². The molecule has 1 N–H and O–H groups in total. The van der Waals surface area contributed by atoms with E-state index in [9.17, 15) is 9.59 Å². The lowest BCUT2D eigenvalue weighted by Crippen LogP contribution is -2.24. The maximum absolute atomic E-state index is 11.8. The van der Waals surface area contributed by atoms with E-state index in [1.54, 1.807) is 54.6 Å². The second kappa shape index (κ2) is 9.53. The van der Waals surface area contributed by atoms with Crippen molar-refractivity contribution in [1.29, 1.82) is 5.26 Å². The lowest BCUT2D eigenvalue weighted by molar-refractivity contribution is -0.123. The first-order valence-electron chi connectivity index (χ1n) is 8.45. The van der Waals surface area contributed by atoms with Crippen LogP contribution >= 0.6 is 0 Å². The molecule has 0 saturated carbocycles. The topological polar surface area (TPSA) is 114 Å². The summed E-state index contributed by atoms with van der Waals surface area (Å²) in [6.07, 6.45) is 2.82. The summed E-state index contributed by atoms with van der Waals surface area (Å²) in [4.78, 5) is 23.6. The monoisotopic (exact) mass is 389 g/mol. The average Bonchev–Trinajstić information content (AvgIpc) is 3.29. The second-order valence-electron chi connectivity index (χ2n) is 5.63. The molecule has 2 aromatic carbocycles. The molecule has 144 valence electrons. The molecule has 1 amide bonds. The normalized spacial score (nSPS) is 10.3. The third-order valence-corrected chi connectivity index (χ3v) is 3.58. The molecule has 0 aliphatic rings. The van der Waals surface area contributed by atoms with Crippen molar-refractivity contribution in [1.82, 2.24) is 5.43 Å². The molecule has 29 heavy (non-hydrogen) atoms. The van der Waals surface area contributed by atoms with Gasteiger partial charge in [-0.1, -0.05) is 12.1 Å². The standard InChI is InChI=1S/C21H15N3O5/c22-12-16-4-1-2-5-18(16)28-14-20(25)24-23-13-15-7-9-17(10-8-15)29-21(26)19-6-3-11-27-19/h1-11,13H,14H2,(H,24,25)/b23-13+. The quantitative estimate of drug-likeness (QED) is 0.288. The maximum Gasteiger partial charge on any atom is 0.379 e. The van der Waals surface area contributed by atoms with Crippen molar-refractivity contribution in [2.75, 3.05) is 6.61 Å². The Hall–Kier alpha value is -4.38. The molecule has 3 aromatic rings. The maximum atomic E-state index is 11.8. The molecule has 0 spiro atoms. The van der Waals surface area contributed by atoms with Crippen LogP contribution in [0.2, 0.25) is 0 Å². The molecule has 1 aromatic heterocycles. The highest BCUT2D eigenvalue weighted by atomic mass is 16.5. The predicted octanol–water partition coefficient (Wildman–Crippen LogP) is 2.90. The van der Waals surface area contributed by atoms with Crippen LogP contribution < -0.4 is 14.9 Å². The van der Waals surface area contributed by atoms with Gasteiger partial charge in [0, 0.05) is 0 Å². The molecule has 8 heteroatoms. The number of nitriles is 1. The van der Waals surface area contributed by atoms with Crippen LogP contribution in [-0.4, -0.2) is 24.7 Å². The average molecular weight is 389 g/mol. The third kappa shape index (κ3) is 5.55. The Labute approximate surface area is 166 Å². The summed E-state index contributed by atoms with van der Waals surface area (Å²) in [5.74, 6) is -0.288. The van der Waals surface area contributed by atoms with E-state index in [4.69, 9.17) is 19.2 Å².